The van der Waals surface area contributed by atoms with Gasteiger partial charge in [0.05, 0.1) is 29.2 Å². The molecule has 4 rings (SSSR count). The van der Waals surface area contributed by atoms with E-state index in [1.807, 2.05) is 70.5 Å². The van der Waals surface area contributed by atoms with Crippen molar-refractivity contribution >= 4 is 80.7 Å². The van der Waals surface area contributed by atoms with Crippen molar-refractivity contribution in [3.8, 4) is 28.6 Å². The lowest BCUT2D eigenvalue weighted by Gasteiger charge is -2.13. The minimum atomic E-state index is -0.330. The summed E-state index contributed by atoms with van der Waals surface area (Å²) in [4.78, 5) is 12.5. The monoisotopic (exact) mass is 759 g/mol. The molecule has 12 heteroatoms. The summed E-state index contributed by atoms with van der Waals surface area (Å²) in [5.41, 5.74) is 4.62. The van der Waals surface area contributed by atoms with E-state index in [1.165, 1.54) is 18.0 Å². The Morgan fingerprint density at radius 3 is 2.65 bits per heavy atom. The Balaban J connectivity index is 1.52. The smallest absolute Gasteiger partial charge is 0.342 e. The predicted molar refractivity (Wildman–Crippen MR) is 160 cm³/mol. The highest BCUT2D eigenvalue weighted by Gasteiger charge is 2.24. The van der Waals surface area contributed by atoms with E-state index in [4.69, 9.17) is 16.3 Å². The number of carbonyl (C=O) groups excluding carboxylic acids is 1. The maximum atomic E-state index is 12.5. The fraction of sp³-hybridized carbons (Fsp3) is 0.120. The molecule has 0 unspecified atom stereocenters. The molecule has 190 valence electrons. The van der Waals surface area contributed by atoms with Gasteiger partial charge >= 0.3 is 5.16 Å². The molecule has 0 atom stereocenters. The fourth-order valence-electron chi connectivity index (χ4n) is 3.30. The van der Waals surface area contributed by atoms with E-state index < -0.39 is 0 Å². The van der Waals surface area contributed by atoms with Gasteiger partial charge in [-0.15, -0.1) is 5.10 Å². The van der Waals surface area contributed by atoms with Gasteiger partial charge < -0.3 is 9.84 Å². The standard InChI is InChI=1S/C25H20ClI2N5O3S/c1-2-36-20-9-7-19(8-10-20)33-24(15-3-5-17(26)6-4-15)31-32-25(33)37-14-22(34)30-29-13-16-11-18(27)12-21(28)23(16)35/h3-13H,2,14H2,1H3,(H2,29,30,34,35). The molecule has 0 bridgehead atoms. The summed E-state index contributed by atoms with van der Waals surface area (Å²) in [6.45, 7) is 2.51. The third-order valence-corrected chi connectivity index (χ3v) is 7.57. The molecule has 3 aromatic carbocycles. The molecule has 0 radical (unpaired) electrons. The van der Waals surface area contributed by atoms with Gasteiger partial charge in [-0.1, -0.05) is 17.4 Å². The second-order valence-electron chi connectivity index (χ2n) is 7.51. The SMILES string of the molecule is CCOc1ccc(-[n+]2c(SCC(=O)NN=Cc3cc(I)cc(I)c3[O-])n[nH]c2-c2ccc(Cl)cc2)cc1. The number of hydrogen-bond acceptors (Lipinski definition) is 6. The third-order valence-electron chi connectivity index (χ3n) is 4.96. The average Bonchev–Trinajstić information content (AvgIpc) is 3.30. The predicted octanol–water partition coefficient (Wildman–Crippen LogP) is 4.93. The van der Waals surface area contributed by atoms with Gasteiger partial charge in [-0.05, 0) is 130 Å². The summed E-state index contributed by atoms with van der Waals surface area (Å²) in [5.74, 6) is 1.10. The van der Waals surface area contributed by atoms with Crippen molar-refractivity contribution in [1.82, 2.24) is 15.6 Å². The van der Waals surface area contributed by atoms with Gasteiger partial charge in [0.2, 0.25) is 0 Å². The normalized spacial score (nSPS) is 11.1. The number of H-pyrrole nitrogens is 1. The first kappa shape index (κ1) is 27.7. The van der Waals surface area contributed by atoms with Gasteiger partial charge in [0.15, 0.2) is 0 Å². The number of halogens is 3. The summed E-state index contributed by atoms with van der Waals surface area (Å²) >= 11 is 11.4. The van der Waals surface area contributed by atoms with Crippen LogP contribution in [-0.2, 0) is 4.79 Å². The molecule has 0 saturated carbocycles. The van der Waals surface area contributed by atoms with E-state index in [2.05, 4.69) is 43.3 Å². The van der Waals surface area contributed by atoms with E-state index in [1.54, 1.807) is 24.3 Å². The number of nitrogens with zero attached hydrogens (tertiary/aromatic N) is 3. The second kappa shape index (κ2) is 12.9. The summed E-state index contributed by atoms with van der Waals surface area (Å²) < 4.78 is 9.01. The summed E-state index contributed by atoms with van der Waals surface area (Å²) in [5, 5.41) is 24.9. The Hall–Kier alpha value is -2.36. The van der Waals surface area contributed by atoms with Crippen LogP contribution in [0.3, 0.4) is 0 Å². The fourth-order valence-corrected chi connectivity index (χ4v) is 6.08. The van der Waals surface area contributed by atoms with Gasteiger partial charge in [0, 0.05) is 12.2 Å². The van der Waals surface area contributed by atoms with E-state index in [9.17, 15) is 9.90 Å². The number of aromatic amines is 1. The molecular formula is C25H20ClI2N5O3S. The van der Waals surface area contributed by atoms with Crippen LogP contribution in [0.15, 0.2) is 70.9 Å². The zero-order valence-corrected chi connectivity index (χ0v) is 25.3. The van der Waals surface area contributed by atoms with E-state index in [0.717, 1.165) is 26.4 Å². The number of ether oxygens (including phenoxy) is 1. The highest BCUT2D eigenvalue weighted by molar-refractivity contribution is 14.1. The Bertz CT molecular complexity index is 1430. The van der Waals surface area contributed by atoms with Crippen LogP contribution >= 0.6 is 68.5 Å². The number of hydrazone groups is 1. The second-order valence-corrected chi connectivity index (χ2v) is 11.3. The quantitative estimate of drug-likeness (QED) is 0.0829. The number of benzene rings is 3. The number of nitrogens with one attached hydrogen (secondary N) is 2. The van der Waals surface area contributed by atoms with Crippen LogP contribution in [0.25, 0.3) is 17.1 Å². The van der Waals surface area contributed by atoms with Crippen LogP contribution in [0.5, 0.6) is 11.5 Å². The van der Waals surface area contributed by atoms with Crippen LogP contribution in [0.4, 0.5) is 0 Å². The number of thioether (sulfide) groups is 1. The number of hydrogen-bond donors (Lipinski definition) is 2. The maximum absolute atomic E-state index is 12.5. The Kier molecular flexibility index (Phi) is 9.67. The highest BCUT2D eigenvalue weighted by atomic mass is 127. The molecule has 0 aliphatic rings. The molecule has 8 nitrogen and oxygen atoms in total. The number of rotatable bonds is 9. The molecule has 37 heavy (non-hydrogen) atoms. The molecule has 0 saturated heterocycles. The molecule has 1 aromatic heterocycles. The first-order valence-corrected chi connectivity index (χ1v) is 14.5. The van der Waals surface area contributed by atoms with Gasteiger partial charge in [-0.25, -0.2) is 5.43 Å². The first-order chi connectivity index (χ1) is 17.9. The lowest BCUT2D eigenvalue weighted by molar-refractivity contribution is -0.625. The van der Waals surface area contributed by atoms with Crippen LogP contribution in [0.2, 0.25) is 5.02 Å². The van der Waals surface area contributed by atoms with Crippen LogP contribution in [0.1, 0.15) is 12.5 Å². The van der Waals surface area contributed by atoms with Crippen molar-refractivity contribution in [3.63, 3.8) is 0 Å². The third kappa shape index (κ3) is 7.15. The topological polar surface area (TPSA) is 106 Å². The zero-order chi connectivity index (χ0) is 26.4. The van der Waals surface area contributed by atoms with Crippen molar-refractivity contribution in [2.45, 2.75) is 12.1 Å². The molecule has 1 heterocycles. The maximum Gasteiger partial charge on any atom is 0.342 e. The number of amides is 1. The van der Waals surface area contributed by atoms with Crippen molar-refractivity contribution in [3.05, 3.63) is 78.4 Å². The molecule has 0 fully saturated rings. The summed E-state index contributed by atoms with van der Waals surface area (Å²) in [7, 11) is 0. The zero-order valence-electron chi connectivity index (χ0n) is 19.4. The van der Waals surface area contributed by atoms with Crippen LogP contribution < -0.4 is 19.8 Å². The Morgan fingerprint density at radius 2 is 1.95 bits per heavy atom. The molecule has 2 N–H and O–H groups in total. The lowest BCUT2D eigenvalue weighted by atomic mass is 10.2. The Morgan fingerprint density at radius 1 is 1.22 bits per heavy atom. The van der Waals surface area contributed by atoms with E-state index in [0.29, 0.717) is 25.9 Å². The number of carbonyl (C=O) groups is 1. The van der Waals surface area contributed by atoms with Crippen LogP contribution in [0, 0.1) is 7.14 Å². The van der Waals surface area contributed by atoms with Gasteiger partial charge in [0.25, 0.3) is 11.7 Å². The van der Waals surface area contributed by atoms with E-state index >= 15 is 0 Å². The molecular weight excluding hydrogens is 740 g/mol. The van der Waals surface area contributed by atoms with Gasteiger partial charge in [-0.3, -0.25) is 4.79 Å². The van der Waals surface area contributed by atoms with E-state index in [-0.39, 0.29) is 17.4 Å². The minimum Gasteiger partial charge on any atom is -0.871 e. The number of aromatic nitrogens is 3. The molecule has 0 spiro atoms. The highest BCUT2D eigenvalue weighted by Crippen LogP contribution is 2.24. The Labute approximate surface area is 250 Å². The molecule has 1 amide bonds. The molecule has 0 aliphatic carbocycles. The first-order valence-electron chi connectivity index (χ1n) is 11.0. The van der Waals surface area contributed by atoms with Crippen molar-refractivity contribution in [2.75, 3.05) is 12.4 Å². The van der Waals surface area contributed by atoms with Crippen molar-refractivity contribution in [1.29, 1.82) is 0 Å². The van der Waals surface area contributed by atoms with Crippen LogP contribution in [-0.4, -0.2) is 34.7 Å². The largest absolute Gasteiger partial charge is 0.871 e. The van der Waals surface area contributed by atoms with Crippen molar-refractivity contribution in [2.24, 2.45) is 5.10 Å². The molecule has 4 aromatic rings. The lowest BCUT2D eigenvalue weighted by Crippen LogP contribution is -2.34. The summed E-state index contributed by atoms with van der Waals surface area (Å²) in [6.07, 6.45) is 1.36. The van der Waals surface area contributed by atoms with Gasteiger partial charge in [-0.2, -0.15) is 9.67 Å². The summed E-state index contributed by atoms with van der Waals surface area (Å²) in [6, 6.07) is 18.5. The van der Waals surface area contributed by atoms with Gasteiger partial charge in [0.1, 0.15) is 11.4 Å². The molecule has 0 aliphatic heterocycles. The van der Waals surface area contributed by atoms with Crippen molar-refractivity contribution < 1.29 is 19.2 Å². The average molecular weight is 760 g/mol. The minimum absolute atomic E-state index is 0.0629.